The van der Waals surface area contributed by atoms with Crippen LogP contribution in [0.4, 0.5) is 0 Å². The summed E-state index contributed by atoms with van der Waals surface area (Å²) < 4.78 is 16.3. The van der Waals surface area contributed by atoms with Gasteiger partial charge in [0, 0.05) is 11.6 Å². The number of carbonyl (C=O) groups excluding carboxylic acids is 1. The molecule has 0 saturated carbocycles. The number of aromatic nitrogens is 2. The van der Waals surface area contributed by atoms with Crippen molar-refractivity contribution in [3.63, 3.8) is 0 Å². The molecular formula is C18H23N3O4S. The van der Waals surface area contributed by atoms with E-state index in [0.29, 0.717) is 22.6 Å². The first kappa shape index (κ1) is 18.6. The number of nitrogens with one attached hydrogen (secondary N) is 1. The van der Waals surface area contributed by atoms with Crippen molar-refractivity contribution in [1.29, 1.82) is 0 Å². The van der Waals surface area contributed by atoms with E-state index in [1.807, 2.05) is 19.1 Å². The standard InChI is InChI=1S/C18H23N3O4S/c1-3-4-5-6-12(2)19-16(22)10-26-18-21-20-17(25-18)13-7-8-14-15(9-13)24-11-23-14/h7-9,12H,3-6,10-11H2,1-2H3,(H,19,22)/t12-/m1/s1. The van der Waals surface area contributed by atoms with Gasteiger partial charge in [0.15, 0.2) is 11.5 Å². The summed E-state index contributed by atoms with van der Waals surface area (Å²) in [6.45, 7) is 4.42. The Hall–Kier alpha value is -2.22. The van der Waals surface area contributed by atoms with E-state index in [2.05, 4.69) is 22.4 Å². The quantitative estimate of drug-likeness (QED) is 0.527. The molecule has 0 bridgehead atoms. The summed E-state index contributed by atoms with van der Waals surface area (Å²) in [6.07, 6.45) is 4.51. The van der Waals surface area contributed by atoms with Gasteiger partial charge >= 0.3 is 0 Å². The molecule has 0 aliphatic carbocycles. The van der Waals surface area contributed by atoms with E-state index in [1.54, 1.807) is 6.07 Å². The zero-order valence-corrected chi connectivity index (χ0v) is 15.8. The number of rotatable bonds is 9. The minimum atomic E-state index is -0.0261. The largest absolute Gasteiger partial charge is 0.454 e. The van der Waals surface area contributed by atoms with Crippen LogP contribution in [0.2, 0.25) is 0 Å². The number of nitrogens with zero attached hydrogens (tertiary/aromatic N) is 2. The van der Waals surface area contributed by atoms with Gasteiger partial charge in [-0.15, -0.1) is 10.2 Å². The second-order valence-corrected chi connectivity index (χ2v) is 7.12. The average Bonchev–Trinajstić information content (AvgIpc) is 3.28. The first-order chi connectivity index (χ1) is 12.7. The fourth-order valence-corrected chi connectivity index (χ4v) is 3.21. The Bertz CT molecular complexity index is 750. The van der Waals surface area contributed by atoms with Gasteiger partial charge in [-0.1, -0.05) is 37.9 Å². The molecule has 26 heavy (non-hydrogen) atoms. The molecule has 0 saturated heterocycles. The highest BCUT2D eigenvalue weighted by atomic mass is 32.2. The summed E-state index contributed by atoms with van der Waals surface area (Å²) in [5.74, 6) is 1.97. The highest BCUT2D eigenvalue weighted by molar-refractivity contribution is 7.99. The van der Waals surface area contributed by atoms with Crippen molar-refractivity contribution in [2.24, 2.45) is 0 Å². The number of fused-ring (bicyclic) bond motifs is 1. The van der Waals surface area contributed by atoms with Gasteiger partial charge in [0.25, 0.3) is 5.22 Å². The molecule has 0 spiro atoms. The Morgan fingerprint density at radius 2 is 2.12 bits per heavy atom. The summed E-state index contributed by atoms with van der Waals surface area (Å²) in [4.78, 5) is 12.0. The van der Waals surface area contributed by atoms with E-state index in [9.17, 15) is 4.79 Å². The molecular weight excluding hydrogens is 354 g/mol. The van der Waals surface area contributed by atoms with Gasteiger partial charge in [-0.05, 0) is 31.5 Å². The third-order valence-corrected chi connectivity index (χ3v) is 4.82. The Labute approximate surface area is 156 Å². The van der Waals surface area contributed by atoms with Crippen molar-refractivity contribution in [2.75, 3.05) is 12.5 Å². The third-order valence-electron chi connectivity index (χ3n) is 4.00. The van der Waals surface area contributed by atoms with Crippen LogP contribution in [0, 0.1) is 0 Å². The Kier molecular flexibility index (Phi) is 6.38. The highest BCUT2D eigenvalue weighted by Crippen LogP contribution is 2.35. The van der Waals surface area contributed by atoms with Gasteiger partial charge in [0.1, 0.15) is 0 Å². The molecule has 1 N–H and O–H groups in total. The highest BCUT2D eigenvalue weighted by Gasteiger charge is 2.17. The van der Waals surface area contributed by atoms with Crippen molar-refractivity contribution >= 4 is 17.7 Å². The smallest absolute Gasteiger partial charge is 0.277 e. The average molecular weight is 377 g/mol. The molecule has 1 amide bonds. The molecule has 0 fully saturated rings. The number of thioether (sulfide) groups is 1. The van der Waals surface area contributed by atoms with E-state index in [4.69, 9.17) is 13.9 Å². The first-order valence-electron chi connectivity index (χ1n) is 8.81. The maximum absolute atomic E-state index is 12.0. The summed E-state index contributed by atoms with van der Waals surface area (Å²) in [5.41, 5.74) is 0.752. The Morgan fingerprint density at radius 1 is 1.27 bits per heavy atom. The van der Waals surface area contributed by atoms with Gasteiger partial charge in [-0.2, -0.15) is 0 Å². The topological polar surface area (TPSA) is 86.5 Å². The third kappa shape index (κ3) is 4.91. The summed E-state index contributed by atoms with van der Waals surface area (Å²) in [7, 11) is 0. The van der Waals surface area contributed by atoms with Crippen LogP contribution in [0.3, 0.4) is 0 Å². The van der Waals surface area contributed by atoms with Gasteiger partial charge in [-0.3, -0.25) is 4.79 Å². The van der Waals surface area contributed by atoms with E-state index in [1.165, 1.54) is 24.6 Å². The molecule has 8 heteroatoms. The number of amides is 1. The minimum absolute atomic E-state index is 0.0261. The van der Waals surface area contributed by atoms with E-state index in [0.717, 1.165) is 18.4 Å². The first-order valence-corrected chi connectivity index (χ1v) is 9.80. The lowest BCUT2D eigenvalue weighted by molar-refractivity contribution is -0.119. The van der Waals surface area contributed by atoms with Crippen LogP contribution in [0.5, 0.6) is 11.5 Å². The summed E-state index contributed by atoms with van der Waals surface area (Å²) in [6, 6.07) is 5.62. The molecule has 1 aromatic heterocycles. The van der Waals surface area contributed by atoms with Crippen molar-refractivity contribution in [2.45, 2.75) is 50.8 Å². The Balaban J connectivity index is 1.48. The zero-order valence-electron chi connectivity index (χ0n) is 15.0. The van der Waals surface area contributed by atoms with Crippen LogP contribution in [-0.4, -0.2) is 34.7 Å². The molecule has 1 aromatic carbocycles. The van der Waals surface area contributed by atoms with Crippen LogP contribution in [0.15, 0.2) is 27.8 Å². The molecule has 0 unspecified atom stereocenters. The SMILES string of the molecule is CCCCC[C@@H](C)NC(=O)CSc1nnc(-c2ccc3c(c2)OCO3)o1. The lowest BCUT2D eigenvalue weighted by Crippen LogP contribution is -2.33. The van der Waals surface area contributed by atoms with Gasteiger partial charge in [-0.25, -0.2) is 0 Å². The van der Waals surface area contributed by atoms with Gasteiger partial charge in [0.05, 0.1) is 5.75 Å². The zero-order chi connectivity index (χ0) is 18.4. The second kappa shape index (κ2) is 8.93. The molecule has 1 aliphatic heterocycles. The number of carbonyl (C=O) groups is 1. The number of hydrogen-bond donors (Lipinski definition) is 1. The van der Waals surface area contributed by atoms with Crippen LogP contribution >= 0.6 is 11.8 Å². The predicted octanol–water partition coefficient (Wildman–Crippen LogP) is 3.64. The van der Waals surface area contributed by atoms with E-state index >= 15 is 0 Å². The van der Waals surface area contributed by atoms with Crippen LogP contribution < -0.4 is 14.8 Å². The molecule has 1 aliphatic rings. The van der Waals surface area contributed by atoms with Crippen molar-refractivity contribution in [3.8, 4) is 23.0 Å². The fourth-order valence-electron chi connectivity index (χ4n) is 2.63. The molecule has 7 nitrogen and oxygen atoms in total. The predicted molar refractivity (Wildman–Crippen MR) is 98.3 cm³/mol. The Morgan fingerprint density at radius 3 is 2.96 bits per heavy atom. The van der Waals surface area contributed by atoms with E-state index in [-0.39, 0.29) is 24.5 Å². The second-order valence-electron chi connectivity index (χ2n) is 6.19. The molecule has 2 aromatic rings. The lowest BCUT2D eigenvalue weighted by Gasteiger charge is -2.12. The summed E-state index contributed by atoms with van der Waals surface area (Å²) in [5, 5.41) is 11.4. The number of benzene rings is 1. The summed E-state index contributed by atoms with van der Waals surface area (Å²) >= 11 is 1.23. The van der Waals surface area contributed by atoms with E-state index < -0.39 is 0 Å². The minimum Gasteiger partial charge on any atom is -0.454 e. The molecule has 3 rings (SSSR count). The van der Waals surface area contributed by atoms with Gasteiger partial charge < -0.3 is 19.2 Å². The fraction of sp³-hybridized carbons (Fsp3) is 0.500. The van der Waals surface area contributed by atoms with Crippen molar-refractivity contribution in [3.05, 3.63) is 18.2 Å². The molecule has 2 heterocycles. The van der Waals surface area contributed by atoms with Crippen LogP contribution in [0.25, 0.3) is 11.5 Å². The normalized spacial score (nSPS) is 13.6. The van der Waals surface area contributed by atoms with Crippen molar-refractivity contribution < 1.29 is 18.7 Å². The van der Waals surface area contributed by atoms with Gasteiger partial charge in [0.2, 0.25) is 18.6 Å². The monoisotopic (exact) mass is 377 g/mol. The number of ether oxygens (including phenoxy) is 2. The van der Waals surface area contributed by atoms with Crippen LogP contribution in [0.1, 0.15) is 39.5 Å². The van der Waals surface area contributed by atoms with Crippen molar-refractivity contribution in [1.82, 2.24) is 15.5 Å². The molecule has 1 atom stereocenters. The maximum atomic E-state index is 12.0. The number of unbranched alkanes of at least 4 members (excludes halogenated alkanes) is 2. The molecule has 0 radical (unpaired) electrons. The number of hydrogen-bond acceptors (Lipinski definition) is 7. The maximum Gasteiger partial charge on any atom is 0.277 e. The van der Waals surface area contributed by atoms with Crippen LogP contribution in [-0.2, 0) is 4.79 Å². The lowest BCUT2D eigenvalue weighted by atomic mass is 10.1. The molecule has 140 valence electrons.